The van der Waals surface area contributed by atoms with Crippen molar-refractivity contribution < 1.29 is 4.79 Å². The predicted molar refractivity (Wildman–Crippen MR) is 133 cm³/mol. The maximum Gasteiger partial charge on any atom is 0.253 e. The van der Waals surface area contributed by atoms with Gasteiger partial charge in [0, 0.05) is 49.0 Å². The normalized spacial score (nSPS) is 17.1. The molecule has 2 aromatic heterocycles. The lowest BCUT2D eigenvalue weighted by Gasteiger charge is -2.20. The molecule has 1 saturated heterocycles. The molecule has 0 radical (unpaired) electrons. The molecule has 8 heteroatoms. The second-order valence-electron chi connectivity index (χ2n) is 9.66. The van der Waals surface area contributed by atoms with Crippen molar-refractivity contribution in [3.63, 3.8) is 0 Å². The molecule has 178 valence electrons. The molecule has 0 bridgehead atoms. The van der Waals surface area contributed by atoms with Gasteiger partial charge in [-0.15, -0.1) is 0 Å². The number of anilines is 2. The zero-order chi connectivity index (χ0) is 23.7. The average Bonchev–Trinajstić information content (AvgIpc) is 3.62. The number of likely N-dealkylation sites (N-methyl/N-ethyl adjacent to an activating group) is 1. The quantitative estimate of drug-likeness (QED) is 0.591. The molecule has 2 aliphatic rings. The van der Waals surface area contributed by atoms with Crippen molar-refractivity contribution in [1.29, 1.82) is 0 Å². The lowest BCUT2D eigenvalue weighted by molar-refractivity contribution is 0.0763. The number of benzene rings is 1. The fourth-order valence-corrected chi connectivity index (χ4v) is 4.57. The van der Waals surface area contributed by atoms with Gasteiger partial charge in [0.15, 0.2) is 0 Å². The van der Waals surface area contributed by atoms with E-state index in [9.17, 15) is 4.79 Å². The van der Waals surface area contributed by atoms with E-state index in [0.29, 0.717) is 23.5 Å². The summed E-state index contributed by atoms with van der Waals surface area (Å²) in [6, 6.07) is 9.82. The van der Waals surface area contributed by atoms with Crippen LogP contribution in [0.1, 0.15) is 61.3 Å². The van der Waals surface area contributed by atoms with Crippen molar-refractivity contribution in [2.75, 3.05) is 38.5 Å². The Kier molecular flexibility index (Phi) is 6.32. The third kappa shape index (κ3) is 4.82. The summed E-state index contributed by atoms with van der Waals surface area (Å²) in [5, 5.41) is 3.28. The highest BCUT2D eigenvalue weighted by molar-refractivity contribution is 5.94. The Labute approximate surface area is 201 Å². The van der Waals surface area contributed by atoms with Gasteiger partial charge in [-0.1, -0.05) is 0 Å². The van der Waals surface area contributed by atoms with Crippen molar-refractivity contribution in [1.82, 2.24) is 29.3 Å². The first-order valence-electron chi connectivity index (χ1n) is 12.2. The van der Waals surface area contributed by atoms with Crippen LogP contribution in [-0.4, -0.2) is 68.5 Å². The molecule has 1 amide bonds. The summed E-state index contributed by atoms with van der Waals surface area (Å²) in [5.41, 5.74) is 3.42. The van der Waals surface area contributed by atoms with Crippen molar-refractivity contribution in [3.05, 3.63) is 54.1 Å². The molecular weight excluding hydrogens is 426 g/mol. The number of carbonyl (C=O) groups excluding carboxylic acids is 1. The van der Waals surface area contributed by atoms with E-state index in [-0.39, 0.29) is 5.91 Å². The Hall–Kier alpha value is -3.26. The first kappa shape index (κ1) is 22.5. The number of imidazole rings is 1. The first-order valence-corrected chi connectivity index (χ1v) is 12.2. The van der Waals surface area contributed by atoms with Crippen LogP contribution in [0.2, 0.25) is 0 Å². The lowest BCUT2D eigenvalue weighted by atomic mass is 10.1. The number of nitrogens with one attached hydrogen (secondary N) is 1. The van der Waals surface area contributed by atoms with E-state index < -0.39 is 0 Å². The van der Waals surface area contributed by atoms with Gasteiger partial charge in [-0.05, 0) is 77.0 Å². The van der Waals surface area contributed by atoms with Gasteiger partial charge < -0.3 is 19.7 Å². The summed E-state index contributed by atoms with van der Waals surface area (Å²) in [6.45, 7) is 7.89. The minimum absolute atomic E-state index is 0.0912. The molecule has 0 unspecified atom stereocenters. The SMILES string of the molecule is CC(C)n1c(-c2ccnc(Nc3ccc(C(=O)N4CCCN(C)CC4)cc3)n2)cnc1C1CC1. The molecule has 1 N–H and O–H groups in total. The van der Waals surface area contributed by atoms with Gasteiger partial charge in [0.05, 0.1) is 17.6 Å². The van der Waals surface area contributed by atoms with Gasteiger partial charge in [0.2, 0.25) is 5.95 Å². The van der Waals surface area contributed by atoms with Crippen LogP contribution in [0.25, 0.3) is 11.4 Å². The number of hydrogen-bond donors (Lipinski definition) is 1. The number of hydrogen-bond acceptors (Lipinski definition) is 6. The fourth-order valence-electron chi connectivity index (χ4n) is 4.57. The van der Waals surface area contributed by atoms with E-state index >= 15 is 0 Å². The van der Waals surface area contributed by atoms with E-state index in [1.165, 1.54) is 12.8 Å². The minimum Gasteiger partial charge on any atom is -0.337 e. The van der Waals surface area contributed by atoms with E-state index in [1.54, 1.807) is 6.20 Å². The maximum atomic E-state index is 12.9. The van der Waals surface area contributed by atoms with Crippen LogP contribution in [0.3, 0.4) is 0 Å². The van der Waals surface area contributed by atoms with E-state index in [4.69, 9.17) is 9.97 Å². The molecule has 1 saturated carbocycles. The van der Waals surface area contributed by atoms with Crippen LogP contribution in [-0.2, 0) is 0 Å². The number of rotatable bonds is 6. The molecule has 2 fully saturated rings. The summed E-state index contributed by atoms with van der Waals surface area (Å²) >= 11 is 0. The van der Waals surface area contributed by atoms with Crippen molar-refractivity contribution in [2.45, 2.75) is 45.1 Å². The summed E-state index contributed by atoms with van der Waals surface area (Å²) in [6.07, 6.45) is 7.14. The smallest absolute Gasteiger partial charge is 0.253 e. The zero-order valence-corrected chi connectivity index (χ0v) is 20.2. The summed E-state index contributed by atoms with van der Waals surface area (Å²) in [5.74, 6) is 2.35. The molecule has 1 aliphatic heterocycles. The molecule has 5 rings (SSSR count). The van der Waals surface area contributed by atoms with Crippen LogP contribution in [0, 0.1) is 0 Å². The summed E-state index contributed by atoms with van der Waals surface area (Å²) in [4.78, 5) is 31.0. The molecule has 1 aromatic carbocycles. The third-order valence-electron chi connectivity index (χ3n) is 6.60. The van der Waals surface area contributed by atoms with E-state index in [0.717, 1.165) is 55.5 Å². The second-order valence-corrected chi connectivity index (χ2v) is 9.66. The standard InChI is InChI=1S/C26H33N7O/c1-18(2)33-23(17-28-24(33)19-5-6-19)22-11-12-27-26(30-22)29-21-9-7-20(8-10-21)25(34)32-14-4-13-31(3)15-16-32/h7-12,17-19H,4-6,13-16H2,1-3H3,(H,27,29,30). The largest absolute Gasteiger partial charge is 0.337 e. The van der Waals surface area contributed by atoms with Crippen LogP contribution in [0.5, 0.6) is 0 Å². The Morgan fingerprint density at radius 3 is 2.56 bits per heavy atom. The second kappa shape index (κ2) is 9.54. The van der Waals surface area contributed by atoms with E-state index in [1.807, 2.05) is 41.4 Å². The van der Waals surface area contributed by atoms with Gasteiger partial charge in [0.25, 0.3) is 5.91 Å². The Morgan fingerprint density at radius 2 is 1.82 bits per heavy atom. The van der Waals surface area contributed by atoms with Crippen molar-refractivity contribution >= 4 is 17.5 Å². The topological polar surface area (TPSA) is 79.2 Å². The molecular formula is C26H33N7O. The molecule has 8 nitrogen and oxygen atoms in total. The van der Waals surface area contributed by atoms with Crippen LogP contribution >= 0.6 is 0 Å². The molecule has 1 aliphatic carbocycles. The highest BCUT2D eigenvalue weighted by Gasteiger charge is 2.30. The number of nitrogens with zero attached hydrogens (tertiary/aromatic N) is 6. The van der Waals surface area contributed by atoms with Gasteiger partial charge >= 0.3 is 0 Å². The molecule has 34 heavy (non-hydrogen) atoms. The predicted octanol–water partition coefficient (Wildman–Crippen LogP) is 4.32. The highest BCUT2D eigenvalue weighted by atomic mass is 16.2. The lowest BCUT2D eigenvalue weighted by Crippen LogP contribution is -2.34. The van der Waals surface area contributed by atoms with Crippen LogP contribution in [0.4, 0.5) is 11.6 Å². The van der Waals surface area contributed by atoms with Gasteiger partial charge in [0.1, 0.15) is 5.82 Å². The molecule has 3 aromatic rings. The van der Waals surface area contributed by atoms with Gasteiger partial charge in [-0.2, -0.15) is 0 Å². The monoisotopic (exact) mass is 459 g/mol. The first-order chi connectivity index (χ1) is 16.5. The Bertz CT molecular complexity index is 1150. The summed E-state index contributed by atoms with van der Waals surface area (Å²) in [7, 11) is 2.11. The molecule has 0 spiro atoms. The van der Waals surface area contributed by atoms with Gasteiger partial charge in [-0.3, -0.25) is 4.79 Å². The minimum atomic E-state index is 0.0912. The van der Waals surface area contributed by atoms with Crippen molar-refractivity contribution in [2.24, 2.45) is 0 Å². The number of amides is 1. The number of aromatic nitrogens is 4. The average molecular weight is 460 g/mol. The van der Waals surface area contributed by atoms with Crippen LogP contribution in [0.15, 0.2) is 42.7 Å². The Morgan fingerprint density at radius 1 is 1.03 bits per heavy atom. The highest BCUT2D eigenvalue weighted by Crippen LogP contribution is 2.41. The third-order valence-corrected chi connectivity index (χ3v) is 6.60. The maximum absolute atomic E-state index is 12.9. The number of carbonyl (C=O) groups is 1. The Balaban J connectivity index is 1.30. The molecule has 3 heterocycles. The van der Waals surface area contributed by atoms with Crippen LogP contribution < -0.4 is 5.32 Å². The van der Waals surface area contributed by atoms with E-state index in [2.05, 4.69) is 40.7 Å². The van der Waals surface area contributed by atoms with Crippen molar-refractivity contribution in [3.8, 4) is 11.4 Å². The summed E-state index contributed by atoms with van der Waals surface area (Å²) < 4.78 is 2.30. The fraction of sp³-hybridized carbons (Fsp3) is 0.462. The zero-order valence-electron chi connectivity index (χ0n) is 20.2. The van der Waals surface area contributed by atoms with Gasteiger partial charge in [-0.25, -0.2) is 15.0 Å². The molecule has 0 atom stereocenters.